The molecule has 122 valence electrons. The van der Waals surface area contributed by atoms with Gasteiger partial charge in [-0.1, -0.05) is 104 Å². The first-order chi connectivity index (χ1) is 7.91. The van der Waals surface area contributed by atoms with Crippen LogP contribution in [0.5, 0.6) is 0 Å². The minimum atomic E-state index is 0. The molecule has 0 nitrogen and oxygen atoms in total. The first-order valence-electron chi connectivity index (χ1n) is 7.91. The predicted octanol–water partition coefficient (Wildman–Crippen LogP) is 8.22. The second-order valence-electron chi connectivity index (χ2n) is 5.24. The fraction of sp³-hybridized carbons (Fsp3) is 1.00. The van der Waals surface area contributed by atoms with E-state index in [9.17, 15) is 0 Å². The summed E-state index contributed by atoms with van der Waals surface area (Å²) in [5.74, 6) is 0. The molecule has 0 N–H and O–H groups in total. The number of halogens is 3. The number of unbranched alkanes of at least 4 members (excludes halogenated alkanes) is 13. The fourth-order valence-corrected chi connectivity index (χ4v) is 2.27. The molecule has 0 unspecified atom stereocenters. The number of rotatable bonds is 13. The summed E-state index contributed by atoms with van der Waals surface area (Å²) < 4.78 is 0. The minimum absolute atomic E-state index is 0. The van der Waals surface area contributed by atoms with Gasteiger partial charge in [0.1, 0.15) is 0 Å². The molecule has 3 heteroatoms. The van der Waals surface area contributed by atoms with Gasteiger partial charge in [-0.25, -0.2) is 0 Å². The summed E-state index contributed by atoms with van der Waals surface area (Å²) in [6.45, 7) is 4.58. The van der Waals surface area contributed by atoms with Gasteiger partial charge in [0.25, 0.3) is 0 Å². The van der Waals surface area contributed by atoms with Gasteiger partial charge in [0, 0.05) is 0 Å². The smallest absolute Gasteiger partial charge is 0.0533 e. The zero-order chi connectivity index (χ0) is 11.9. The Hall–Kier alpha value is 1.44. The van der Waals surface area contributed by atoms with Crippen molar-refractivity contribution < 1.29 is 0 Å². The van der Waals surface area contributed by atoms with Crippen molar-refractivity contribution in [2.24, 2.45) is 0 Å². The van der Waals surface area contributed by atoms with Crippen molar-refractivity contribution in [3.63, 3.8) is 0 Å². The van der Waals surface area contributed by atoms with Crippen LogP contribution in [0.3, 0.4) is 0 Å². The summed E-state index contributed by atoms with van der Waals surface area (Å²) in [7, 11) is 0. The van der Waals surface area contributed by atoms with E-state index < -0.39 is 0 Å². The van der Waals surface area contributed by atoms with Crippen molar-refractivity contribution in [2.45, 2.75) is 104 Å². The summed E-state index contributed by atoms with van der Waals surface area (Å²) >= 11 is 0. The molecule has 0 aromatic carbocycles. The topological polar surface area (TPSA) is 0 Å². The molecule has 0 atom stereocenters. The fourth-order valence-electron chi connectivity index (χ4n) is 2.27. The lowest BCUT2D eigenvalue weighted by atomic mass is 10.0. The minimum Gasteiger partial charge on any atom is -0.114 e. The second-order valence-corrected chi connectivity index (χ2v) is 5.24. The van der Waals surface area contributed by atoms with Crippen molar-refractivity contribution in [3.8, 4) is 0 Å². The van der Waals surface area contributed by atoms with Gasteiger partial charge in [0.05, 0.1) is 0 Å². The normalized spacial score (nSPS) is 9.16. The summed E-state index contributed by atoms with van der Waals surface area (Å²) in [4.78, 5) is 0. The van der Waals surface area contributed by atoms with Crippen LogP contribution >= 0.6 is 50.9 Å². The molecule has 0 bridgehead atoms. The Morgan fingerprint density at radius 1 is 0.316 bits per heavy atom. The summed E-state index contributed by atoms with van der Waals surface area (Å²) in [5.41, 5.74) is 0. The number of hydrogen-bond acceptors (Lipinski definition) is 0. The predicted molar refractivity (Wildman–Crippen MR) is 107 cm³/mol. The molecular formula is C16H37Br3. The summed E-state index contributed by atoms with van der Waals surface area (Å²) in [6.07, 6.45) is 20.4. The van der Waals surface area contributed by atoms with Crippen LogP contribution in [0.1, 0.15) is 104 Å². The molecule has 0 fully saturated rings. The van der Waals surface area contributed by atoms with Crippen LogP contribution in [0, 0.1) is 0 Å². The lowest BCUT2D eigenvalue weighted by Gasteiger charge is -2.02. The standard InChI is InChI=1S/C16H34.3BrH/c1-3-5-7-9-11-13-15-16-14-12-10-8-6-4-2;;;/h3-16H2,1-2H3;3*1H. The van der Waals surface area contributed by atoms with Crippen molar-refractivity contribution >= 4 is 50.9 Å². The highest BCUT2D eigenvalue weighted by atomic mass is 79.9. The molecule has 0 aliphatic rings. The molecule has 0 spiro atoms. The highest BCUT2D eigenvalue weighted by Crippen LogP contribution is 2.12. The monoisotopic (exact) mass is 466 g/mol. The van der Waals surface area contributed by atoms with E-state index in [1.54, 1.807) is 0 Å². The lowest BCUT2D eigenvalue weighted by Crippen LogP contribution is -1.82. The highest BCUT2D eigenvalue weighted by molar-refractivity contribution is 8.93. The van der Waals surface area contributed by atoms with E-state index in [0.29, 0.717) is 0 Å². The Bertz CT molecular complexity index is 105. The lowest BCUT2D eigenvalue weighted by molar-refractivity contribution is 0.538. The van der Waals surface area contributed by atoms with Crippen molar-refractivity contribution in [2.75, 3.05) is 0 Å². The summed E-state index contributed by atoms with van der Waals surface area (Å²) in [5, 5.41) is 0. The molecule has 0 amide bonds. The molecule has 0 aliphatic carbocycles. The quantitative estimate of drug-likeness (QED) is 0.239. The van der Waals surface area contributed by atoms with Crippen LogP contribution in [0.2, 0.25) is 0 Å². The van der Waals surface area contributed by atoms with Gasteiger partial charge in [-0.05, 0) is 0 Å². The molecular weight excluding hydrogens is 432 g/mol. The maximum atomic E-state index is 2.29. The SMILES string of the molecule is Br.Br.Br.CCCCCCCCCCCCCCCC. The van der Waals surface area contributed by atoms with Crippen molar-refractivity contribution in [1.29, 1.82) is 0 Å². The molecule has 0 radical (unpaired) electrons. The van der Waals surface area contributed by atoms with Gasteiger partial charge in [0.2, 0.25) is 0 Å². The zero-order valence-electron chi connectivity index (χ0n) is 13.1. The Kier molecular flexibility index (Phi) is 41.7. The third kappa shape index (κ3) is 28.4. The Labute approximate surface area is 154 Å². The molecule has 0 heterocycles. The van der Waals surface area contributed by atoms with Crippen LogP contribution in [0.25, 0.3) is 0 Å². The average Bonchev–Trinajstić information content (AvgIpc) is 2.31. The maximum absolute atomic E-state index is 2.29. The first-order valence-corrected chi connectivity index (χ1v) is 7.91. The van der Waals surface area contributed by atoms with E-state index in [1.165, 1.54) is 89.9 Å². The highest BCUT2D eigenvalue weighted by Gasteiger charge is 1.92. The van der Waals surface area contributed by atoms with Gasteiger partial charge in [0.15, 0.2) is 0 Å². The second kappa shape index (κ2) is 27.7. The molecule has 0 rings (SSSR count). The van der Waals surface area contributed by atoms with E-state index in [2.05, 4.69) is 13.8 Å². The van der Waals surface area contributed by atoms with Crippen molar-refractivity contribution in [1.82, 2.24) is 0 Å². The first kappa shape index (κ1) is 28.6. The molecule has 0 saturated carbocycles. The Morgan fingerprint density at radius 3 is 0.632 bits per heavy atom. The largest absolute Gasteiger partial charge is 0.114 e. The molecule has 0 aromatic rings. The average molecular weight is 469 g/mol. The van der Waals surface area contributed by atoms with Gasteiger partial charge in [-0.15, -0.1) is 50.9 Å². The molecule has 0 aliphatic heterocycles. The Balaban J connectivity index is -0.000000375. The molecule has 0 saturated heterocycles. The third-order valence-electron chi connectivity index (χ3n) is 3.46. The molecule has 0 aromatic heterocycles. The van der Waals surface area contributed by atoms with Gasteiger partial charge < -0.3 is 0 Å². The Morgan fingerprint density at radius 2 is 0.474 bits per heavy atom. The van der Waals surface area contributed by atoms with Crippen LogP contribution in [0.15, 0.2) is 0 Å². The van der Waals surface area contributed by atoms with Gasteiger partial charge >= 0.3 is 0 Å². The van der Waals surface area contributed by atoms with Crippen LogP contribution in [0.4, 0.5) is 0 Å². The van der Waals surface area contributed by atoms with Crippen LogP contribution < -0.4 is 0 Å². The van der Waals surface area contributed by atoms with Crippen LogP contribution in [-0.4, -0.2) is 0 Å². The van der Waals surface area contributed by atoms with E-state index in [4.69, 9.17) is 0 Å². The zero-order valence-corrected chi connectivity index (χ0v) is 18.3. The van der Waals surface area contributed by atoms with E-state index in [-0.39, 0.29) is 50.9 Å². The van der Waals surface area contributed by atoms with Crippen molar-refractivity contribution in [3.05, 3.63) is 0 Å². The number of hydrogen-bond donors (Lipinski definition) is 0. The van der Waals surface area contributed by atoms with E-state index in [0.717, 1.165) is 0 Å². The van der Waals surface area contributed by atoms with Crippen LogP contribution in [-0.2, 0) is 0 Å². The van der Waals surface area contributed by atoms with E-state index in [1.807, 2.05) is 0 Å². The summed E-state index contributed by atoms with van der Waals surface area (Å²) in [6, 6.07) is 0. The van der Waals surface area contributed by atoms with Gasteiger partial charge in [-0.2, -0.15) is 0 Å². The molecule has 19 heavy (non-hydrogen) atoms. The third-order valence-corrected chi connectivity index (χ3v) is 3.46. The van der Waals surface area contributed by atoms with Gasteiger partial charge in [-0.3, -0.25) is 0 Å². The maximum Gasteiger partial charge on any atom is -0.0533 e. The van der Waals surface area contributed by atoms with E-state index >= 15 is 0 Å².